The summed E-state index contributed by atoms with van der Waals surface area (Å²) in [6.45, 7) is 0. The molecule has 1 aromatic carbocycles. The van der Waals surface area contributed by atoms with E-state index >= 15 is 0 Å². The minimum absolute atomic E-state index is 0.0970. The first-order chi connectivity index (χ1) is 13.3. The second-order valence-electron chi connectivity index (χ2n) is 5.67. The second kappa shape index (κ2) is 7.53. The SMILES string of the molecule is Cn1c(O)c(C(=O)Nc2ccc(Oc3ncc(Cl)cn3)cc2)c(=O)n(C)c1=O. The number of ether oxygens (including phenoxy) is 1. The van der Waals surface area contributed by atoms with E-state index in [1.165, 1.54) is 38.6 Å². The highest BCUT2D eigenvalue weighted by Gasteiger charge is 2.21. The van der Waals surface area contributed by atoms with Crippen LogP contribution in [0.3, 0.4) is 0 Å². The smallest absolute Gasteiger partial charge is 0.333 e. The molecule has 0 bridgehead atoms. The van der Waals surface area contributed by atoms with E-state index in [9.17, 15) is 19.5 Å². The Kier molecular flexibility index (Phi) is 5.14. The number of anilines is 1. The number of halogens is 1. The summed E-state index contributed by atoms with van der Waals surface area (Å²) in [6, 6.07) is 6.23. The minimum atomic E-state index is -0.905. The molecule has 0 unspecified atom stereocenters. The number of amides is 1. The van der Waals surface area contributed by atoms with Crippen LogP contribution in [0, 0.1) is 0 Å². The van der Waals surface area contributed by atoms with Gasteiger partial charge < -0.3 is 15.2 Å². The van der Waals surface area contributed by atoms with Gasteiger partial charge in [0, 0.05) is 19.8 Å². The summed E-state index contributed by atoms with van der Waals surface area (Å²) in [7, 11) is 2.46. The molecule has 0 fully saturated rings. The molecule has 0 saturated carbocycles. The fourth-order valence-corrected chi connectivity index (χ4v) is 2.39. The van der Waals surface area contributed by atoms with Crippen molar-refractivity contribution in [1.82, 2.24) is 19.1 Å². The van der Waals surface area contributed by atoms with Gasteiger partial charge in [-0.05, 0) is 24.3 Å². The molecule has 2 N–H and O–H groups in total. The summed E-state index contributed by atoms with van der Waals surface area (Å²) in [4.78, 5) is 44.1. The van der Waals surface area contributed by atoms with Gasteiger partial charge in [-0.15, -0.1) is 0 Å². The lowest BCUT2D eigenvalue weighted by molar-refractivity contribution is 0.102. The summed E-state index contributed by atoms with van der Waals surface area (Å²) in [5, 5.41) is 12.9. The number of nitrogens with one attached hydrogen (secondary N) is 1. The van der Waals surface area contributed by atoms with Crippen molar-refractivity contribution in [3.8, 4) is 17.6 Å². The third kappa shape index (κ3) is 3.71. The predicted octanol–water partition coefficient (Wildman–Crippen LogP) is 1.28. The molecule has 3 aromatic rings. The number of aromatic hydroxyl groups is 1. The molecule has 28 heavy (non-hydrogen) atoms. The molecule has 1 amide bonds. The normalized spacial score (nSPS) is 10.5. The molecule has 2 aromatic heterocycles. The highest BCUT2D eigenvalue weighted by Crippen LogP contribution is 2.21. The molecular weight excluding hydrogens is 390 g/mol. The van der Waals surface area contributed by atoms with Gasteiger partial charge in [0.15, 0.2) is 5.56 Å². The summed E-state index contributed by atoms with van der Waals surface area (Å²) in [5.74, 6) is -1.17. The Morgan fingerprint density at radius 2 is 1.71 bits per heavy atom. The molecule has 0 spiro atoms. The van der Waals surface area contributed by atoms with Crippen LogP contribution in [0.1, 0.15) is 10.4 Å². The van der Waals surface area contributed by atoms with Gasteiger partial charge in [0.2, 0.25) is 5.88 Å². The lowest BCUT2D eigenvalue weighted by Crippen LogP contribution is -2.40. The monoisotopic (exact) mass is 403 g/mol. The Labute approximate surface area is 162 Å². The quantitative estimate of drug-likeness (QED) is 0.671. The molecule has 3 rings (SSSR count). The number of nitrogens with zero attached hydrogens (tertiary/aromatic N) is 4. The van der Waals surface area contributed by atoms with Crippen LogP contribution >= 0.6 is 11.6 Å². The van der Waals surface area contributed by atoms with Gasteiger partial charge in [-0.3, -0.25) is 18.7 Å². The third-order valence-corrected chi connectivity index (χ3v) is 3.97. The average Bonchev–Trinajstić information content (AvgIpc) is 2.68. The fraction of sp³-hybridized carbons (Fsp3) is 0.118. The molecule has 0 aliphatic rings. The first-order valence-corrected chi connectivity index (χ1v) is 8.21. The summed E-state index contributed by atoms with van der Waals surface area (Å²) >= 11 is 5.70. The van der Waals surface area contributed by atoms with Crippen molar-refractivity contribution < 1.29 is 14.6 Å². The highest BCUT2D eigenvalue weighted by atomic mass is 35.5. The Balaban J connectivity index is 1.79. The van der Waals surface area contributed by atoms with Crippen LogP contribution in [0.4, 0.5) is 5.69 Å². The molecule has 0 aliphatic heterocycles. The molecule has 0 radical (unpaired) electrons. The first-order valence-electron chi connectivity index (χ1n) is 7.83. The average molecular weight is 404 g/mol. The minimum Gasteiger partial charge on any atom is -0.494 e. The number of benzene rings is 1. The molecule has 0 aliphatic carbocycles. The van der Waals surface area contributed by atoms with Crippen LogP contribution in [-0.2, 0) is 14.1 Å². The van der Waals surface area contributed by atoms with Gasteiger partial charge in [0.1, 0.15) is 5.75 Å². The van der Waals surface area contributed by atoms with E-state index in [0.29, 0.717) is 16.5 Å². The molecule has 10 nitrogen and oxygen atoms in total. The van der Waals surface area contributed by atoms with E-state index in [1.807, 2.05) is 0 Å². The number of hydrogen-bond donors (Lipinski definition) is 2. The van der Waals surface area contributed by atoms with E-state index in [-0.39, 0.29) is 6.01 Å². The molecule has 0 atom stereocenters. The van der Waals surface area contributed by atoms with Gasteiger partial charge in [-0.2, -0.15) is 0 Å². The molecule has 11 heteroatoms. The van der Waals surface area contributed by atoms with Crippen molar-refractivity contribution in [3.63, 3.8) is 0 Å². The highest BCUT2D eigenvalue weighted by molar-refractivity contribution is 6.30. The fourth-order valence-electron chi connectivity index (χ4n) is 2.29. The lowest BCUT2D eigenvalue weighted by Gasteiger charge is -2.11. The van der Waals surface area contributed by atoms with E-state index in [4.69, 9.17) is 16.3 Å². The van der Waals surface area contributed by atoms with Crippen LogP contribution in [0.2, 0.25) is 5.02 Å². The Bertz CT molecular complexity index is 1150. The van der Waals surface area contributed by atoms with Gasteiger partial charge in [0.25, 0.3) is 11.5 Å². The number of carbonyl (C=O) groups excluding carboxylic acids is 1. The number of carbonyl (C=O) groups is 1. The van der Waals surface area contributed by atoms with Crippen molar-refractivity contribution in [1.29, 1.82) is 0 Å². The van der Waals surface area contributed by atoms with Crippen molar-refractivity contribution in [2.24, 2.45) is 14.1 Å². The summed E-state index contributed by atoms with van der Waals surface area (Å²) in [5.41, 5.74) is -1.85. The second-order valence-corrected chi connectivity index (χ2v) is 6.11. The maximum absolute atomic E-state index is 12.4. The van der Waals surface area contributed by atoms with Crippen LogP contribution in [0.5, 0.6) is 17.6 Å². The lowest BCUT2D eigenvalue weighted by atomic mass is 10.2. The van der Waals surface area contributed by atoms with Gasteiger partial charge >= 0.3 is 11.7 Å². The first kappa shape index (κ1) is 19.1. The van der Waals surface area contributed by atoms with Crippen molar-refractivity contribution in [3.05, 3.63) is 68.1 Å². The third-order valence-electron chi connectivity index (χ3n) is 3.78. The predicted molar refractivity (Wildman–Crippen MR) is 100 cm³/mol. The molecule has 144 valence electrons. The van der Waals surface area contributed by atoms with Crippen molar-refractivity contribution >= 4 is 23.2 Å². The zero-order chi connectivity index (χ0) is 20.4. The van der Waals surface area contributed by atoms with Crippen LogP contribution in [-0.4, -0.2) is 30.1 Å². The summed E-state index contributed by atoms with van der Waals surface area (Å²) in [6.07, 6.45) is 2.78. The maximum atomic E-state index is 12.4. The number of rotatable bonds is 4. The molecule has 0 saturated heterocycles. The topological polar surface area (TPSA) is 128 Å². The van der Waals surface area contributed by atoms with Gasteiger partial charge in [0.05, 0.1) is 17.4 Å². The molecular formula is C17H14ClN5O5. The largest absolute Gasteiger partial charge is 0.494 e. The van der Waals surface area contributed by atoms with E-state index in [2.05, 4.69) is 15.3 Å². The van der Waals surface area contributed by atoms with Crippen molar-refractivity contribution in [2.45, 2.75) is 0 Å². The van der Waals surface area contributed by atoms with Gasteiger partial charge in [-0.1, -0.05) is 11.6 Å². The zero-order valence-electron chi connectivity index (χ0n) is 14.7. The number of aromatic nitrogens is 4. The van der Waals surface area contributed by atoms with E-state index < -0.39 is 28.6 Å². The van der Waals surface area contributed by atoms with E-state index in [0.717, 1.165) is 9.13 Å². The van der Waals surface area contributed by atoms with Gasteiger partial charge in [-0.25, -0.2) is 14.8 Å². The zero-order valence-corrected chi connectivity index (χ0v) is 15.5. The maximum Gasteiger partial charge on any atom is 0.333 e. The Morgan fingerprint density at radius 1 is 1.11 bits per heavy atom. The van der Waals surface area contributed by atoms with E-state index in [1.54, 1.807) is 12.1 Å². The summed E-state index contributed by atoms with van der Waals surface area (Å²) < 4.78 is 6.97. The Hall–Kier alpha value is -3.66. The van der Waals surface area contributed by atoms with Crippen LogP contribution in [0.15, 0.2) is 46.2 Å². The standard InChI is InChI=1S/C17H14ClN5O5/c1-22-14(25)12(15(26)23(2)17(22)27)13(24)21-10-3-5-11(6-4-10)28-16-19-7-9(18)8-20-16/h3-8,25H,1-2H3,(H,21,24). The molecule has 2 heterocycles. The van der Waals surface area contributed by atoms with Crippen LogP contribution in [0.25, 0.3) is 0 Å². The Morgan fingerprint density at radius 3 is 2.32 bits per heavy atom. The van der Waals surface area contributed by atoms with Crippen molar-refractivity contribution in [2.75, 3.05) is 5.32 Å². The van der Waals surface area contributed by atoms with Crippen LogP contribution < -0.4 is 21.3 Å². The number of hydrogen-bond acceptors (Lipinski definition) is 7.